The fourth-order valence-electron chi connectivity index (χ4n) is 2.39. The molecule has 2 heterocycles. The van der Waals surface area contributed by atoms with E-state index in [9.17, 15) is 4.79 Å². The normalized spacial score (nSPS) is 11.7. The standard InChI is InChI=1S/C16H23N3O2/c1-12(2)18(8-4-5-16(20)21)10-14-11-19-9-13(3)6-7-15(19)17-14/h6-7,9,11-12H,4-5,8,10H2,1-3H3,(H,20,21). The molecule has 5 heteroatoms. The molecule has 2 aromatic heterocycles. The van der Waals surface area contributed by atoms with Gasteiger partial charge in [-0.05, 0) is 45.4 Å². The number of hydrogen-bond donors (Lipinski definition) is 1. The molecular formula is C16H23N3O2. The van der Waals surface area contributed by atoms with Crippen molar-refractivity contribution in [2.45, 2.75) is 46.2 Å². The lowest BCUT2D eigenvalue weighted by Gasteiger charge is -2.25. The highest BCUT2D eigenvalue weighted by atomic mass is 16.4. The van der Waals surface area contributed by atoms with E-state index in [0.29, 0.717) is 12.5 Å². The highest BCUT2D eigenvalue weighted by Gasteiger charge is 2.13. The molecule has 0 aliphatic rings. The SMILES string of the molecule is Cc1ccc2nc(CN(CCCC(=O)O)C(C)C)cn2c1. The molecule has 1 N–H and O–H groups in total. The van der Waals surface area contributed by atoms with Gasteiger partial charge >= 0.3 is 5.97 Å². The molecule has 0 atom stereocenters. The summed E-state index contributed by atoms with van der Waals surface area (Å²) in [6.07, 6.45) is 5.00. The summed E-state index contributed by atoms with van der Waals surface area (Å²) in [5, 5.41) is 8.74. The lowest BCUT2D eigenvalue weighted by molar-refractivity contribution is -0.137. The molecule has 5 nitrogen and oxygen atoms in total. The Balaban J connectivity index is 2.05. The summed E-state index contributed by atoms with van der Waals surface area (Å²) < 4.78 is 2.04. The van der Waals surface area contributed by atoms with Crippen molar-refractivity contribution in [3.8, 4) is 0 Å². The van der Waals surface area contributed by atoms with E-state index in [1.54, 1.807) is 0 Å². The number of aliphatic carboxylic acids is 1. The quantitative estimate of drug-likeness (QED) is 0.851. The molecule has 0 saturated carbocycles. The first-order chi connectivity index (χ1) is 9.95. The molecule has 0 aromatic carbocycles. The molecule has 0 saturated heterocycles. The van der Waals surface area contributed by atoms with Crippen molar-refractivity contribution in [3.05, 3.63) is 35.8 Å². The average molecular weight is 289 g/mol. The molecule has 0 spiro atoms. The number of aromatic nitrogens is 2. The predicted molar refractivity (Wildman–Crippen MR) is 82.3 cm³/mol. The summed E-state index contributed by atoms with van der Waals surface area (Å²) >= 11 is 0. The highest BCUT2D eigenvalue weighted by molar-refractivity contribution is 5.66. The Kier molecular flexibility index (Phi) is 4.96. The molecule has 21 heavy (non-hydrogen) atoms. The maximum absolute atomic E-state index is 10.6. The molecule has 0 bridgehead atoms. The van der Waals surface area contributed by atoms with Crippen LogP contribution in [0, 0.1) is 6.92 Å². The number of carbonyl (C=O) groups is 1. The van der Waals surface area contributed by atoms with Gasteiger partial charge in [-0.15, -0.1) is 0 Å². The zero-order valence-electron chi connectivity index (χ0n) is 12.9. The number of carboxylic acid groups (broad SMARTS) is 1. The Morgan fingerprint density at radius 2 is 2.14 bits per heavy atom. The van der Waals surface area contributed by atoms with E-state index in [1.165, 1.54) is 5.56 Å². The van der Waals surface area contributed by atoms with Crippen molar-refractivity contribution in [3.63, 3.8) is 0 Å². The molecule has 0 aliphatic heterocycles. The number of aryl methyl sites for hydroxylation is 1. The van der Waals surface area contributed by atoms with Crippen LogP contribution in [0.1, 0.15) is 37.9 Å². The summed E-state index contributed by atoms with van der Waals surface area (Å²) in [5.74, 6) is -0.734. The minimum absolute atomic E-state index is 0.216. The first kappa shape index (κ1) is 15.5. The third-order valence-corrected chi connectivity index (χ3v) is 3.58. The van der Waals surface area contributed by atoms with Gasteiger partial charge in [0.15, 0.2) is 0 Å². The van der Waals surface area contributed by atoms with Crippen LogP contribution in [-0.4, -0.2) is 37.9 Å². The van der Waals surface area contributed by atoms with Crippen molar-refractivity contribution in [1.82, 2.24) is 14.3 Å². The largest absolute Gasteiger partial charge is 0.481 e. The van der Waals surface area contributed by atoms with Crippen LogP contribution in [-0.2, 0) is 11.3 Å². The van der Waals surface area contributed by atoms with Crippen LogP contribution in [0.4, 0.5) is 0 Å². The van der Waals surface area contributed by atoms with Crippen LogP contribution >= 0.6 is 0 Å². The highest BCUT2D eigenvalue weighted by Crippen LogP contribution is 2.12. The van der Waals surface area contributed by atoms with Crippen molar-refractivity contribution < 1.29 is 9.90 Å². The summed E-state index contributed by atoms with van der Waals surface area (Å²) in [5.41, 5.74) is 3.17. The number of carboxylic acids is 1. The fraction of sp³-hybridized carbons (Fsp3) is 0.500. The number of pyridine rings is 1. The van der Waals surface area contributed by atoms with E-state index in [2.05, 4.69) is 49.1 Å². The second-order valence-corrected chi connectivity index (χ2v) is 5.77. The Morgan fingerprint density at radius 1 is 1.38 bits per heavy atom. The maximum Gasteiger partial charge on any atom is 0.303 e. The van der Waals surface area contributed by atoms with Gasteiger partial charge in [-0.1, -0.05) is 6.07 Å². The van der Waals surface area contributed by atoms with E-state index in [-0.39, 0.29) is 6.42 Å². The van der Waals surface area contributed by atoms with Crippen LogP contribution in [0.2, 0.25) is 0 Å². The molecule has 0 fully saturated rings. The molecule has 0 aliphatic carbocycles. The molecule has 0 radical (unpaired) electrons. The third kappa shape index (κ3) is 4.29. The third-order valence-electron chi connectivity index (χ3n) is 3.58. The Bertz CT molecular complexity index is 619. The van der Waals surface area contributed by atoms with E-state index < -0.39 is 5.97 Å². The van der Waals surface area contributed by atoms with Gasteiger partial charge in [0, 0.05) is 31.4 Å². The van der Waals surface area contributed by atoms with Gasteiger partial charge in [-0.3, -0.25) is 9.69 Å². The zero-order valence-corrected chi connectivity index (χ0v) is 12.9. The molecule has 2 aromatic rings. The Hall–Kier alpha value is -1.88. The molecule has 2 rings (SSSR count). The summed E-state index contributed by atoms with van der Waals surface area (Å²) in [7, 11) is 0. The molecule has 114 valence electrons. The number of hydrogen-bond acceptors (Lipinski definition) is 3. The van der Waals surface area contributed by atoms with E-state index in [1.807, 2.05) is 10.5 Å². The number of rotatable bonds is 7. The summed E-state index contributed by atoms with van der Waals surface area (Å²) in [6.45, 7) is 7.84. The van der Waals surface area contributed by atoms with Gasteiger partial charge < -0.3 is 9.51 Å². The van der Waals surface area contributed by atoms with Crippen molar-refractivity contribution in [2.24, 2.45) is 0 Å². The van der Waals surface area contributed by atoms with Gasteiger partial charge in [0.2, 0.25) is 0 Å². The molecule has 0 unspecified atom stereocenters. The van der Waals surface area contributed by atoms with E-state index in [4.69, 9.17) is 5.11 Å². The van der Waals surface area contributed by atoms with Gasteiger partial charge in [-0.2, -0.15) is 0 Å². The van der Waals surface area contributed by atoms with Crippen molar-refractivity contribution in [1.29, 1.82) is 0 Å². The summed E-state index contributed by atoms with van der Waals surface area (Å²) in [6, 6.07) is 4.44. The lowest BCUT2D eigenvalue weighted by atomic mass is 10.2. The van der Waals surface area contributed by atoms with E-state index >= 15 is 0 Å². The molecule has 0 amide bonds. The lowest BCUT2D eigenvalue weighted by Crippen LogP contribution is -2.31. The van der Waals surface area contributed by atoms with Crippen LogP contribution in [0.25, 0.3) is 5.65 Å². The smallest absolute Gasteiger partial charge is 0.303 e. The second-order valence-electron chi connectivity index (χ2n) is 5.77. The maximum atomic E-state index is 10.6. The van der Waals surface area contributed by atoms with Crippen LogP contribution in [0.15, 0.2) is 24.5 Å². The van der Waals surface area contributed by atoms with Gasteiger partial charge in [0.05, 0.1) is 5.69 Å². The molecular weight excluding hydrogens is 266 g/mol. The van der Waals surface area contributed by atoms with Crippen LogP contribution < -0.4 is 0 Å². The first-order valence-corrected chi connectivity index (χ1v) is 7.36. The Morgan fingerprint density at radius 3 is 2.81 bits per heavy atom. The van der Waals surface area contributed by atoms with Gasteiger partial charge in [0.25, 0.3) is 0 Å². The van der Waals surface area contributed by atoms with Crippen LogP contribution in [0.5, 0.6) is 0 Å². The minimum Gasteiger partial charge on any atom is -0.481 e. The number of imidazole rings is 1. The zero-order chi connectivity index (χ0) is 15.4. The average Bonchev–Trinajstić information content (AvgIpc) is 2.78. The van der Waals surface area contributed by atoms with Gasteiger partial charge in [0.1, 0.15) is 5.65 Å². The predicted octanol–water partition coefficient (Wildman–Crippen LogP) is 2.72. The first-order valence-electron chi connectivity index (χ1n) is 7.36. The minimum atomic E-state index is -0.734. The van der Waals surface area contributed by atoms with Crippen molar-refractivity contribution in [2.75, 3.05) is 6.54 Å². The monoisotopic (exact) mass is 289 g/mol. The number of fused-ring (bicyclic) bond motifs is 1. The Labute approximate surface area is 125 Å². The van der Waals surface area contributed by atoms with Gasteiger partial charge in [-0.25, -0.2) is 4.98 Å². The van der Waals surface area contributed by atoms with E-state index in [0.717, 1.165) is 24.4 Å². The second kappa shape index (κ2) is 6.72. The van der Waals surface area contributed by atoms with Crippen molar-refractivity contribution >= 4 is 11.6 Å². The van der Waals surface area contributed by atoms with Crippen LogP contribution in [0.3, 0.4) is 0 Å². The summed E-state index contributed by atoms with van der Waals surface area (Å²) in [4.78, 5) is 17.5. The topological polar surface area (TPSA) is 57.8 Å². The fourth-order valence-corrected chi connectivity index (χ4v) is 2.39. The number of nitrogens with zero attached hydrogens (tertiary/aromatic N) is 3.